The summed E-state index contributed by atoms with van der Waals surface area (Å²) in [6, 6.07) is 0. The molecule has 67 valence electrons. The van der Waals surface area contributed by atoms with Crippen LogP contribution < -0.4 is 0 Å². The summed E-state index contributed by atoms with van der Waals surface area (Å²) in [5.74, 6) is 0. The maximum absolute atomic E-state index is 5.77. The standard InChI is InChI=1S/C7H11Cl4/c1-2-3-4-5-7(10,11)6(8)9/h2-5H2,1H3. The van der Waals surface area contributed by atoms with Gasteiger partial charge in [0.15, 0.2) is 9.17 Å². The average molecular weight is 237 g/mol. The minimum absolute atomic E-state index is 0.0388. The molecule has 0 unspecified atom stereocenters. The lowest BCUT2D eigenvalue weighted by atomic mass is 10.2. The van der Waals surface area contributed by atoms with Crippen LogP contribution in [0.5, 0.6) is 0 Å². The van der Waals surface area contributed by atoms with E-state index >= 15 is 0 Å². The third-order valence-corrected chi connectivity index (χ3v) is 3.16. The van der Waals surface area contributed by atoms with E-state index in [-0.39, 0.29) is 4.84 Å². The van der Waals surface area contributed by atoms with Gasteiger partial charge in [0.1, 0.15) is 0 Å². The van der Waals surface area contributed by atoms with Gasteiger partial charge in [0, 0.05) is 0 Å². The molecule has 0 fully saturated rings. The van der Waals surface area contributed by atoms with Crippen molar-refractivity contribution in [3.05, 3.63) is 4.84 Å². The SMILES string of the molecule is CCCCCC(Cl)(Cl)[C](Cl)Cl. The molecule has 0 aliphatic heterocycles. The van der Waals surface area contributed by atoms with Gasteiger partial charge in [-0.3, -0.25) is 0 Å². The summed E-state index contributed by atoms with van der Waals surface area (Å²) in [6.45, 7) is 2.11. The van der Waals surface area contributed by atoms with Crippen molar-refractivity contribution in [2.24, 2.45) is 0 Å². The van der Waals surface area contributed by atoms with Gasteiger partial charge in [0.25, 0.3) is 0 Å². The van der Waals surface area contributed by atoms with Crippen molar-refractivity contribution in [1.82, 2.24) is 0 Å². The summed E-state index contributed by atoms with van der Waals surface area (Å²) in [4.78, 5) is 0.0388. The van der Waals surface area contributed by atoms with Gasteiger partial charge in [-0.05, 0) is 6.42 Å². The van der Waals surface area contributed by atoms with Gasteiger partial charge in [-0.2, -0.15) is 0 Å². The highest BCUT2D eigenvalue weighted by Crippen LogP contribution is 2.42. The molecule has 0 nitrogen and oxygen atoms in total. The van der Waals surface area contributed by atoms with E-state index in [0.29, 0.717) is 6.42 Å². The molecule has 0 N–H and O–H groups in total. The molecule has 0 rings (SSSR count). The van der Waals surface area contributed by atoms with Crippen LogP contribution in [0, 0.1) is 4.84 Å². The summed E-state index contributed by atoms with van der Waals surface area (Å²) < 4.78 is -1.06. The normalized spacial score (nSPS) is 12.5. The Labute approximate surface area is 88.1 Å². The molecule has 11 heavy (non-hydrogen) atoms. The van der Waals surface area contributed by atoms with Crippen LogP contribution in [0.15, 0.2) is 0 Å². The maximum Gasteiger partial charge on any atom is 0.186 e. The van der Waals surface area contributed by atoms with E-state index in [2.05, 4.69) is 6.92 Å². The molecule has 0 aromatic carbocycles. The van der Waals surface area contributed by atoms with Crippen molar-refractivity contribution in [1.29, 1.82) is 0 Å². The average Bonchev–Trinajstić information content (AvgIpc) is 1.88. The third-order valence-electron chi connectivity index (χ3n) is 1.37. The number of alkyl halides is 2. The Morgan fingerprint density at radius 1 is 1.18 bits per heavy atom. The number of unbranched alkanes of at least 4 members (excludes halogenated alkanes) is 2. The van der Waals surface area contributed by atoms with Crippen molar-refractivity contribution >= 4 is 46.4 Å². The van der Waals surface area contributed by atoms with Gasteiger partial charge in [-0.1, -0.05) is 72.6 Å². The number of halogens is 4. The highest BCUT2D eigenvalue weighted by molar-refractivity contribution is 6.65. The van der Waals surface area contributed by atoms with Crippen molar-refractivity contribution < 1.29 is 0 Å². The van der Waals surface area contributed by atoms with Crippen LogP contribution in [0.1, 0.15) is 32.6 Å². The molecule has 0 saturated carbocycles. The molecular formula is C7H11Cl4. The molecule has 0 aromatic rings. The van der Waals surface area contributed by atoms with E-state index in [1.54, 1.807) is 0 Å². The van der Waals surface area contributed by atoms with Gasteiger partial charge < -0.3 is 0 Å². The molecular weight excluding hydrogens is 226 g/mol. The van der Waals surface area contributed by atoms with Crippen molar-refractivity contribution in [2.75, 3.05) is 0 Å². The molecule has 1 radical (unpaired) electrons. The largest absolute Gasteiger partial charge is 0.186 e. The minimum Gasteiger partial charge on any atom is -0.0982 e. The van der Waals surface area contributed by atoms with Crippen LogP contribution in [-0.4, -0.2) is 4.33 Å². The first-order valence-electron chi connectivity index (χ1n) is 3.57. The molecule has 0 spiro atoms. The van der Waals surface area contributed by atoms with Crippen molar-refractivity contribution in [3.8, 4) is 0 Å². The van der Waals surface area contributed by atoms with Crippen LogP contribution in [0.4, 0.5) is 0 Å². The first-order chi connectivity index (χ1) is 5.00. The summed E-state index contributed by atoms with van der Waals surface area (Å²) in [5, 5.41) is 0. The van der Waals surface area contributed by atoms with E-state index in [9.17, 15) is 0 Å². The topological polar surface area (TPSA) is 0 Å². The second-order valence-electron chi connectivity index (χ2n) is 2.42. The van der Waals surface area contributed by atoms with Gasteiger partial charge in [-0.15, -0.1) is 0 Å². The van der Waals surface area contributed by atoms with Crippen LogP contribution in [0.2, 0.25) is 0 Å². The van der Waals surface area contributed by atoms with Gasteiger partial charge >= 0.3 is 0 Å². The molecule has 0 aliphatic carbocycles. The third kappa shape index (κ3) is 5.41. The first kappa shape index (κ1) is 12.2. The highest BCUT2D eigenvalue weighted by Gasteiger charge is 2.32. The molecule has 0 aliphatic rings. The molecule has 0 bridgehead atoms. The Kier molecular flexibility index (Phi) is 6.35. The Balaban J connectivity index is 3.55. The summed E-state index contributed by atoms with van der Waals surface area (Å²) >= 11 is 22.5. The lowest BCUT2D eigenvalue weighted by Gasteiger charge is -2.18. The smallest absolute Gasteiger partial charge is 0.0982 e. The Bertz CT molecular complexity index is 101. The van der Waals surface area contributed by atoms with E-state index in [4.69, 9.17) is 46.4 Å². The zero-order chi connectivity index (χ0) is 8.91. The Hall–Kier alpha value is 1.16. The molecule has 0 atom stereocenters. The van der Waals surface area contributed by atoms with Crippen LogP contribution in [0.25, 0.3) is 0 Å². The van der Waals surface area contributed by atoms with E-state index in [1.807, 2.05) is 0 Å². The molecule has 0 aromatic heterocycles. The van der Waals surface area contributed by atoms with Crippen LogP contribution in [0.3, 0.4) is 0 Å². The summed E-state index contributed by atoms with van der Waals surface area (Å²) in [7, 11) is 0. The number of rotatable bonds is 5. The number of hydrogen-bond donors (Lipinski definition) is 0. The van der Waals surface area contributed by atoms with E-state index in [1.165, 1.54) is 0 Å². The van der Waals surface area contributed by atoms with Gasteiger partial charge in [-0.25, -0.2) is 0 Å². The second-order valence-corrected chi connectivity index (χ2v) is 4.86. The fraction of sp³-hybridized carbons (Fsp3) is 0.857. The van der Waals surface area contributed by atoms with E-state index in [0.717, 1.165) is 19.3 Å². The maximum atomic E-state index is 5.77. The fourth-order valence-corrected chi connectivity index (χ4v) is 1.15. The van der Waals surface area contributed by atoms with Crippen molar-refractivity contribution in [2.45, 2.75) is 36.9 Å². The molecule has 4 heteroatoms. The fourth-order valence-electron chi connectivity index (χ4n) is 0.692. The first-order valence-corrected chi connectivity index (χ1v) is 5.08. The van der Waals surface area contributed by atoms with E-state index < -0.39 is 4.33 Å². The predicted molar refractivity (Wildman–Crippen MR) is 53.5 cm³/mol. The highest BCUT2D eigenvalue weighted by atomic mass is 35.5. The van der Waals surface area contributed by atoms with Crippen LogP contribution >= 0.6 is 46.4 Å². The lowest BCUT2D eigenvalue weighted by Crippen LogP contribution is -2.15. The summed E-state index contributed by atoms with van der Waals surface area (Å²) in [6.07, 6.45) is 3.80. The molecule has 0 heterocycles. The second kappa shape index (κ2) is 5.75. The predicted octanol–water partition coefficient (Wildman–Crippen LogP) is 4.71. The van der Waals surface area contributed by atoms with Crippen molar-refractivity contribution in [3.63, 3.8) is 0 Å². The Morgan fingerprint density at radius 2 is 1.73 bits per heavy atom. The van der Waals surface area contributed by atoms with Gasteiger partial charge in [0.05, 0.1) is 0 Å². The summed E-state index contributed by atoms with van der Waals surface area (Å²) in [5.41, 5.74) is 0. The zero-order valence-electron chi connectivity index (χ0n) is 6.34. The Morgan fingerprint density at radius 3 is 2.09 bits per heavy atom. The minimum atomic E-state index is -1.06. The lowest BCUT2D eigenvalue weighted by molar-refractivity contribution is 0.647. The zero-order valence-corrected chi connectivity index (χ0v) is 9.36. The monoisotopic (exact) mass is 235 g/mol. The quantitative estimate of drug-likeness (QED) is 0.479. The number of hydrogen-bond acceptors (Lipinski definition) is 0. The van der Waals surface area contributed by atoms with Crippen LogP contribution in [-0.2, 0) is 0 Å². The van der Waals surface area contributed by atoms with Gasteiger partial charge in [0.2, 0.25) is 0 Å². The molecule has 0 saturated heterocycles. The molecule has 0 amide bonds.